The van der Waals surface area contributed by atoms with Crippen LogP contribution in [0.5, 0.6) is 0 Å². The minimum absolute atomic E-state index is 0.104. The maximum absolute atomic E-state index is 13.3. The van der Waals surface area contributed by atoms with E-state index in [0.29, 0.717) is 13.0 Å². The predicted molar refractivity (Wildman–Crippen MR) is 136 cm³/mol. The fraction of sp³-hybridized carbons (Fsp3) is 0.200. The molecule has 0 bridgehead atoms. The van der Waals surface area contributed by atoms with E-state index in [0.717, 1.165) is 26.7 Å². The van der Waals surface area contributed by atoms with Crippen molar-refractivity contribution in [2.24, 2.45) is 0 Å². The van der Waals surface area contributed by atoms with Gasteiger partial charge in [0.1, 0.15) is 0 Å². The molecule has 6 heteroatoms. The molecule has 1 amide bonds. The number of thiazole rings is 1. The number of amides is 1. The summed E-state index contributed by atoms with van der Waals surface area (Å²) in [7, 11) is 0. The van der Waals surface area contributed by atoms with Crippen LogP contribution in [0.2, 0.25) is 0 Å². The first-order valence-electron chi connectivity index (χ1n) is 10.1. The monoisotopic (exact) mass is 464 g/mol. The van der Waals surface area contributed by atoms with Crippen LogP contribution in [0, 0.1) is 6.92 Å². The smallest absolute Gasteiger partial charge is 0.229 e. The van der Waals surface area contributed by atoms with Crippen molar-refractivity contribution in [2.75, 3.05) is 16.9 Å². The number of aromatic nitrogens is 1. The van der Waals surface area contributed by atoms with Crippen LogP contribution in [0.4, 0.5) is 5.13 Å². The number of aryl methyl sites for hydroxylation is 1. The number of nitrogens with zero attached hydrogens (tertiary/aromatic N) is 2. The van der Waals surface area contributed by atoms with E-state index in [-0.39, 0.29) is 5.91 Å². The highest BCUT2D eigenvalue weighted by molar-refractivity contribution is 7.99. The first-order valence-corrected chi connectivity index (χ1v) is 13.1. The van der Waals surface area contributed by atoms with Gasteiger partial charge < -0.3 is 0 Å². The van der Waals surface area contributed by atoms with E-state index in [4.69, 9.17) is 4.98 Å². The summed E-state index contributed by atoms with van der Waals surface area (Å²) in [5.74, 6) is 0.849. The van der Waals surface area contributed by atoms with E-state index in [2.05, 4.69) is 61.7 Å². The number of rotatable bonds is 8. The Kier molecular flexibility index (Phi) is 7.33. The molecule has 0 aliphatic carbocycles. The number of carbonyl (C=O) groups is 1. The summed E-state index contributed by atoms with van der Waals surface area (Å²) in [6, 6.07) is 24.8. The molecule has 0 spiro atoms. The molecule has 3 nitrogen and oxygen atoms in total. The molecular weight excluding hydrogens is 440 g/mol. The Bertz CT molecular complexity index is 1160. The number of hydrogen-bond acceptors (Lipinski definition) is 5. The van der Waals surface area contributed by atoms with Crippen LogP contribution in [0.25, 0.3) is 10.2 Å². The first kappa shape index (κ1) is 21.9. The average molecular weight is 465 g/mol. The number of fused-ring (bicyclic) bond motifs is 1. The van der Waals surface area contributed by atoms with Gasteiger partial charge in [-0.3, -0.25) is 9.69 Å². The number of benzene rings is 3. The van der Waals surface area contributed by atoms with Gasteiger partial charge in [0.2, 0.25) is 5.91 Å². The standard InChI is InChI=1S/C25H24N2OS3/c1-18-8-10-20(11-9-18)30-15-14-24(28)27(17-19-6-4-3-5-7-19)25-26-22-13-12-21(29-2)16-23(22)31-25/h3-13,16H,14-15,17H2,1-2H3. The zero-order valence-corrected chi connectivity index (χ0v) is 20.0. The summed E-state index contributed by atoms with van der Waals surface area (Å²) in [6.07, 6.45) is 2.54. The minimum atomic E-state index is 0.104. The zero-order valence-electron chi connectivity index (χ0n) is 17.6. The minimum Gasteiger partial charge on any atom is -0.284 e. The lowest BCUT2D eigenvalue weighted by molar-refractivity contribution is -0.118. The van der Waals surface area contributed by atoms with Crippen LogP contribution >= 0.6 is 34.9 Å². The van der Waals surface area contributed by atoms with Gasteiger partial charge in [-0.15, -0.1) is 23.5 Å². The normalized spacial score (nSPS) is 11.0. The second-order valence-corrected chi connectivity index (χ2v) is 10.3. The van der Waals surface area contributed by atoms with Crippen LogP contribution in [-0.2, 0) is 11.3 Å². The molecule has 0 aliphatic rings. The third-order valence-electron chi connectivity index (χ3n) is 4.91. The number of hydrogen-bond donors (Lipinski definition) is 0. The molecule has 31 heavy (non-hydrogen) atoms. The Morgan fingerprint density at radius 1 is 1.00 bits per heavy atom. The highest BCUT2D eigenvalue weighted by atomic mass is 32.2. The van der Waals surface area contributed by atoms with Gasteiger partial charge in [-0.05, 0) is 49.1 Å². The molecule has 0 radical (unpaired) electrons. The second-order valence-electron chi connectivity index (χ2n) is 7.21. The summed E-state index contributed by atoms with van der Waals surface area (Å²) >= 11 is 5.02. The van der Waals surface area contributed by atoms with E-state index in [1.807, 2.05) is 29.2 Å². The van der Waals surface area contributed by atoms with Crippen molar-refractivity contribution in [3.63, 3.8) is 0 Å². The third-order valence-corrected chi connectivity index (χ3v) is 7.69. The summed E-state index contributed by atoms with van der Waals surface area (Å²) < 4.78 is 1.11. The van der Waals surface area contributed by atoms with Crippen LogP contribution in [0.3, 0.4) is 0 Å². The van der Waals surface area contributed by atoms with Crippen molar-refractivity contribution >= 4 is 56.1 Å². The number of thioether (sulfide) groups is 2. The fourth-order valence-electron chi connectivity index (χ4n) is 3.19. The molecule has 4 rings (SSSR count). The SMILES string of the molecule is CSc1ccc2nc(N(Cc3ccccc3)C(=O)CCSc3ccc(C)cc3)sc2c1. The van der Waals surface area contributed by atoms with E-state index in [1.54, 1.807) is 34.9 Å². The Hall–Kier alpha value is -2.28. The van der Waals surface area contributed by atoms with Gasteiger partial charge in [0.05, 0.1) is 16.8 Å². The van der Waals surface area contributed by atoms with Crippen LogP contribution < -0.4 is 4.90 Å². The molecule has 0 unspecified atom stereocenters. The lowest BCUT2D eigenvalue weighted by Gasteiger charge is -2.20. The average Bonchev–Trinajstić information content (AvgIpc) is 3.22. The van der Waals surface area contributed by atoms with E-state index in [1.165, 1.54) is 15.4 Å². The maximum Gasteiger partial charge on any atom is 0.229 e. The first-order chi connectivity index (χ1) is 15.1. The van der Waals surface area contributed by atoms with Gasteiger partial charge in [0.15, 0.2) is 5.13 Å². The van der Waals surface area contributed by atoms with E-state index < -0.39 is 0 Å². The van der Waals surface area contributed by atoms with Crippen molar-refractivity contribution in [3.8, 4) is 0 Å². The topological polar surface area (TPSA) is 33.2 Å². The zero-order chi connectivity index (χ0) is 21.6. The fourth-order valence-corrected chi connectivity index (χ4v) is 5.57. The highest BCUT2D eigenvalue weighted by Gasteiger charge is 2.20. The van der Waals surface area contributed by atoms with Crippen molar-refractivity contribution in [1.82, 2.24) is 4.98 Å². The third kappa shape index (κ3) is 5.70. The molecule has 4 aromatic rings. The molecule has 158 valence electrons. The van der Waals surface area contributed by atoms with Gasteiger partial charge in [-0.1, -0.05) is 59.4 Å². The van der Waals surface area contributed by atoms with Crippen LogP contribution in [0.1, 0.15) is 17.5 Å². The molecule has 0 fully saturated rings. The summed E-state index contributed by atoms with van der Waals surface area (Å²) in [4.78, 5) is 22.3. The van der Waals surface area contributed by atoms with Gasteiger partial charge in [-0.2, -0.15) is 0 Å². The van der Waals surface area contributed by atoms with Crippen LogP contribution in [-0.4, -0.2) is 22.9 Å². The summed E-state index contributed by atoms with van der Waals surface area (Å²) in [5.41, 5.74) is 3.29. The summed E-state index contributed by atoms with van der Waals surface area (Å²) in [6.45, 7) is 2.61. The quantitative estimate of drug-likeness (QED) is 0.262. The molecule has 1 heterocycles. The van der Waals surface area contributed by atoms with Gasteiger partial charge >= 0.3 is 0 Å². The van der Waals surface area contributed by atoms with Gasteiger partial charge in [-0.25, -0.2) is 4.98 Å². The molecular formula is C25H24N2OS3. The van der Waals surface area contributed by atoms with Crippen molar-refractivity contribution < 1.29 is 4.79 Å². The molecule has 0 atom stereocenters. The van der Waals surface area contributed by atoms with Crippen molar-refractivity contribution in [1.29, 1.82) is 0 Å². The lowest BCUT2D eigenvalue weighted by Crippen LogP contribution is -2.30. The van der Waals surface area contributed by atoms with Crippen molar-refractivity contribution in [2.45, 2.75) is 29.7 Å². The Morgan fingerprint density at radius 3 is 2.48 bits per heavy atom. The number of anilines is 1. The molecule has 0 saturated heterocycles. The van der Waals surface area contributed by atoms with Crippen molar-refractivity contribution in [3.05, 3.63) is 83.9 Å². The largest absolute Gasteiger partial charge is 0.284 e. The van der Waals surface area contributed by atoms with E-state index in [9.17, 15) is 4.79 Å². The Morgan fingerprint density at radius 2 is 1.74 bits per heavy atom. The Balaban J connectivity index is 1.53. The van der Waals surface area contributed by atoms with E-state index >= 15 is 0 Å². The molecule has 0 aliphatic heterocycles. The molecule has 0 N–H and O–H groups in total. The predicted octanol–water partition coefficient (Wildman–Crippen LogP) is 7.04. The van der Waals surface area contributed by atoms with Gasteiger partial charge in [0.25, 0.3) is 0 Å². The second kappa shape index (κ2) is 10.4. The highest BCUT2D eigenvalue weighted by Crippen LogP contribution is 2.33. The Labute approximate surface area is 195 Å². The maximum atomic E-state index is 13.3. The number of carbonyl (C=O) groups excluding carboxylic acids is 1. The van der Waals surface area contributed by atoms with Gasteiger partial charge in [0, 0.05) is 22.0 Å². The van der Waals surface area contributed by atoms with Crippen LogP contribution in [0.15, 0.2) is 82.6 Å². The molecule has 1 aromatic heterocycles. The molecule has 0 saturated carbocycles. The lowest BCUT2D eigenvalue weighted by atomic mass is 10.2. The molecule has 3 aromatic carbocycles. The summed E-state index contributed by atoms with van der Waals surface area (Å²) in [5, 5.41) is 0.766.